The van der Waals surface area contributed by atoms with Crippen LogP contribution in [0.3, 0.4) is 0 Å². The van der Waals surface area contributed by atoms with Crippen LogP contribution in [-0.2, 0) is 0 Å². The first-order valence-corrected chi connectivity index (χ1v) is 6.42. The number of hydrogen-bond acceptors (Lipinski definition) is 1. The van der Waals surface area contributed by atoms with E-state index in [9.17, 15) is 5.11 Å². The van der Waals surface area contributed by atoms with Crippen LogP contribution in [0.25, 0.3) is 0 Å². The molecule has 1 saturated carbocycles. The zero-order valence-electron chi connectivity index (χ0n) is 9.84. The van der Waals surface area contributed by atoms with Gasteiger partial charge in [0, 0.05) is 0 Å². The van der Waals surface area contributed by atoms with Crippen LogP contribution in [0.2, 0.25) is 0 Å². The summed E-state index contributed by atoms with van der Waals surface area (Å²) in [5.74, 6) is 1.45. The first-order chi connectivity index (χ1) is 6.74. The predicted octanol–water partition coefficient (Wildman–Crippen LogP) is 3.75. The smallest absolute Gasteiger partial charge is 0.0568 e. The van der Waals surface area contributed by atoms with Crippen molar-refractivity contribution in [2.75, 3.05) is 0 Å². The van der Waals surface area contributed by atoms with Crippen molar-refractivity contribution in [1.29, 1.82) is 0 Å². The van der Waals surface area contributed by atoms with E-state index in [0.717, 1.165) is 12.3 Å². The SMILES string of the molecule is CCCCCC(O)C1CCCC(C)C1. The highest BCUT2D eigenvalue weighted by Gasteiger charge is 2.24. The Balaban J connectivity index is 2.18. The van der Waals surface area contributed by atoms with Gasteiger partial charge in [-0.2, -0.15) is 0 Å². The van der Waals surface area contributed by atoms with E-state index in [-0.39, 0.29) is 6.10 Å². The summed E-state index contributed by atoms with van der Waals surface area (Å²) in [6, 6.07) is 0. The summed E-state index contributed by atoms with van der Waals surface area (Å²) < 4.78 is 0. The van der Waals surface area contributed by atoms with Crippen LogP contribution in [0.1, 0.15) is 65.2 Å². The zero-order chi connectivity index (χ0) is 10.4. The minimum absolute atomic E-state index is 0.00991. The van der Waals surface area contributed by atoms with Gasteiger partial charge in [-0.1, -0.05) is 46.0 Å². The minimum Gasteiger partial charge on any atom is -0.393 e. The Morgan fingerprint density at radius 1 is 1.29 bits per heavy atom. The van der Waals surface area contributed by atoms with E-state index in [1.54, 1.807) is 0 Å². The summed E-state index contributed by atoms with van der Waals surface area (Å²) in [4.78, 5) is 0. The van der Waals surface area contributed by atoms with Gasteiger partial charge in [-0.25, -0.2) is 0 Å². The predicted molar refractivity (Wildman–Crippen MR) is 61.3 cm³/mol. The molecule has 0 aromatic heterocycles. The molecule has 14 heavy (non-hydrogen) atoms. The Labute approximate surface area is 88.9 Å². The second kappa shape index (κ2) is 6.44. The van der Waals surface area contributed by atoms with E-state index in [1.807, 2.05) is 0 Å². The van der Waals surface area contributed by atoms with Crippen molar-refractivity contribution >= 4 is 0 Å². The highest BCUT2D eigenvalue weighted by molar-refractivity contribution is 4.76. The topological polar surface area (TPSA) is 20.2 Å². The van der Waals surface area contributed by atoms with Crippen molar-refractivity contribution in [1.82, 2.24) is 0 Å². The molecule has 1 aliphatic rings. The molecule has 1 nitrogen and oxygen atoms in total. The summed E-state index contributed by atoms with van der Waals surface area (Å²) >= 11 is 0. The Morgan fingerprint density at radius 3 is 2.71 bits per heavy atom. The second-order valence-electron chi connectivity index (χ2n) is 5.09. The minimum atomic E-state index is -0.00991. The van der Waals surface area contributed by atoms with Gasteiger partial charge in [0.1, 0.15) is 0 Å². The summed E-state index contributed by atoms with van der Waals surface area (Å²) in [5, 5.41) is 10.0. The number of aliphatic hydroxyl groups excluding tert-OH is 1. The number of rotatable bonds is 5. The fourth-order valence-electron chi connectivity index (χ4n) is 2.67. The number of aliphatic hydroxyl groups is 1. The third kappa shape index (κ3) is 4.00. The van der Waals surface area contributed by atoms with Crippen LogP contribution in [0, 0.1) is 11.8 Å². The van der Waals surface area contributed by atoms with Crippen LogP contribution in [0.4, 0.5) is 0 Å². The molecule has 0 aliphatic heterocycles. The van der Waals surface area contributed by atoms with Crippen molar-refractivity contribution in [3.05, 3.63) is 0 Å². The van der Waals surface area contributed by atoms with Gasteiger partial charge in [0.15, 0.2) is 0 Å². The summed E-state index contributed by atoms with van der Waals surface area (Å²) in [6.07, 6.45) is 9.99. The van der Waals surface area contributed by atoms with Crippen molar-refractivity contribution in [3.63, 3.8) is 0 Å². The summed E-state index contributed by atoms with van der Waals surface area (Å²) in [5.41, 5.74) is 0. The number of unbranched alkanes of at least 4 members (excludes halogenated alkanes) is 2. The van der Waals surface area contributed by atoms with Crippen molar-refractivity contribution in [3.8, 4) is 0 Å². The van der Waals surface area contributed by atoms with Crippen molar-refractivity contribution in [2.45, 2.75) is 71.3 Å². The lowest BCUT2D eigenvalue weighted by Crippen LogP contribution is -2.25. The molecule has 1 N–H and O–H groups in total. The summed E-state index contributed by atoms with van der Waals surface area (Å²) in [7, 11) is 0. The fraction of sp³-hybridized carbons (Fsp3) is 1.00. The molecule has 84 valence electrons. The zero-order valence-corrected chi connectivity index (χ0v) is 9.84. The second-order valence-corrected chi connectivity index (χ2v) is 5.09. The van der Waals surface area contributed by atoms with Gasteiger partial charge in [0.25, 0.3) is 0 Å². The molecule has 3 atom stereocenters. The van der Waals surface area contributed by atoms with Crippen molar-refractivity contribution < 1.29 is 5.11 Å². The third-order valence-corrected chi connectivity index (χ3v) is 3.62. The maximum absolute atomic E-state index is 10.0. The van der Waals surface area contributed by atoms with Gasteiger partial charge in [-0.3, -0.25) is 0 Å². The molecule has 0 bridgehead atoms. The van der Waals surface area contributed by atoms with Gasteiger partial charge in [-0.05, 0) is 31.1 Å². The van der Waals surface area contributed by atoms with Crippen LogP contribution in [0.5, 0.6) is 0 Å². The van der Waals surface area contributed by atoms with Crippen LogP contribution >= 0.6 is 0 Å². The van der Waals surface area contributed by atoms with E-state index < -0.39 is 0 Å². The molecule has 0 spiro atoms. The Morgan fingerprint density at radius 2 is 2.07 bits per heavy atom. The largest absolute Gasteiger partial charge is 0.393 e. The van der Waals surface area contributed by atoms with Gasteiger partial charge in [0.05, 0.1) is 6.10 Å². The molecule has 0 aromatic rings. The first kappa shape index (κ1) is 12.0. The highest BCUT2D eigenvalue weighted by Crippen LogP contribution is 2.32. The van der Waals surface area contributed by atoms with Crippen molar-refractivity contribution in [2.24, 2.45) is 11.8 Å². The standard InChI is InChI=1S/C13H26O/c1-3-4-5-9-13(14)12-8-6-7-11(2)10-12/h11-14H,3-10H2,1-2H3. The molecule has 0 amide bonds. The van der Waals surface area contributed by atoms with Crippen LogP contribution in [-0.4, -0.2) is 11.2 Å². The van der Waals surface area contributed by atoms with E-state index in [2.05, 4.69) is 13.8 Å². The first-order valence-electron chi connectivity index (χ1n) is 6.42. The van der Waals surface area contributed by atoms with E-state index in [4.69, 9.17) is 0 Å². The molecule has 1 aliphatic carbocycles. The highest BCUT2D eigenvalue weighted by atomic mass is 16.3. The molecule has 3 unspecified atom stereocenters. The van der Waals surface area contributed by atoms with Crippen LogP contribution in [0.15, 0.2) is 0 Å². The Kier molecular flexibility index (Phi) is 5.54. The molecular weight excluding hydrogens is 172 g/mol. The lowest BCUT2D eigenvalue weighted by molar-refractivity contribution is 0.0628. The van der Waals surface area contributed by atoms with Gasteiger partial charge in [0.2, 0.25) is 0 Å². The lowest BCUT2D eigenvalue weighted by Gasteiger charge is -2.30. The number of hydrogen-bond donors (Lipinski definition) is 1. The molecule has 0 aromatic carbocycles. The molecule has 1 fully saturated rings. The third-order valence-electron chi connectivity index (χ3n) is 3.62. The monoisotopic (exact) mass is 198 g/mol. The van der Waals surface area contributed by atoms with E-state index in [1.165, 1.54) is 44.9 Å². The maximum Gasteiger partial charge on any atom is 0.0568 e. The van der Waals surface area contributed by atoms with Gasteiger partial charge < -0.3 is 5.11 Å². The van der Waals surface area contributed by atoms with Gasteiger partial charge in [-0.15, -0.1) is 0 Å². The fourth-order valence-corrected chi connectivity index (χ4v) is 2.67. The van der Waals surface area contributed by atoms with E-state index in [0.29, 0.717) is 5.92 Å². The summed E-state index contributed by atoms with van der Waals surface area (Å²) in [6.45, 7) is 4.54. The molecular formula is C13H26O. The maximum atomic E-state index is 10.0. The van der Waals surface area contributed by atoms with E-state index >= 15 is 0 Å². The molecule has 0 heterocycles. The van der Waals surface area contributed by atoms with Crippen LogP contribution < -0.4 is 0 Å². The molecule has 1 rings (SSSR count). The normalized spacial score (nSPS) is 30.2. The van der Waals surface area contributed by atoms with Gasteiger partial charge >= 0.3 is 0 Å². The molecule has 0 saturated heterocycles. The quantitative estimate of drug-likeness (QED) is 0.667. The Hall–Kier alpha value is -0.0400. The average molecular weight is 198 g/mol. The molecule has 1 heteroatoms. The molecule has 0 radical (unpaired) electrons. The Bertz CT molecular complexity index is 144. The lowest BCUT2D eigenvalue weighted by atomic mass is 9.78. The average Bonchev–Trinajstić information content (AvgIpc) is 2.18.